The molecule has 0 aromatic heterocycles. The highest BCUT2D eigenvalue weighted by Crippen LogP contribution is 2.23. The first-order chi connectivity index (χ1) is 10.0. The summed E-state index contributed by atoms with van der Waals surface area (Å²) in [7, 11) is 1.89. The van der Waals surface area contributed by atoms with Crippen LogP contribution in [0.15, 0.2) is 18.2 Å². The minimum atomic E-state index is -0.251. The predicted octanol–water partition coefficient (Wildman–Crippen LogP) is 2.72. The Morgan fingerprint density at radius 3 is 2.86 bits per heavy atom. The van der Waals surface area contributed by atoms with Crippen LogP contribution in [0.3, 0.4) is 0 Å². The van der Waals surface area contributed by atoms with Crippen molar-refractivity contribution in [1.29, 1.82) is 0 Å². The first-order valence-corrected chi connectivity index (χ1v) is 7.86. The maximum Gasteiger partial charge on any atom is 0.127 e. The number of hydrogen-bond donors (Lipinski definition) is 1. The summed E-state index contributed by atoms with van der Waals surface area (Å²) in [5, 5.41) is 3.74. The van der Waals surface area contributed by atoms with Gasteiger partial charge in [-0.15, -0.1) is 0 Å². The second-order valence-corrected chi connectivity index (χ2v) is 6.20. The normalized spacial score (nSPS) is 21.7. The smallest absolute Gasteiger partial charge is 0.127 e. The summed E-state index contributed by atoms with van der Waals surface area (Å²) >= 11 is 6.13. The maximum atomic E-state index is 14.0. The van der Waals surface area contributed by atoms with Crippen LogP contribution >= 0.6 is 11.6 Å². The van der Waals surface area contributed by atoms with Gasteiger partial charge in [-0.3, -0.25) is 4.90 Å². The van der Waals surface area contributed by atoms with Crippen LogP contribution in [0.4, 0.5) is 4.39 Å². The van der Waals surface area contributed by atoms with E-state index in [-0.39, 0.29) is 18.0 Å². The van der Waals surface area contributed by atoms with E-state index >= 15 is 0 Å². The van der Waals surface area contributed by atoms with Crippen LogP contribution in [0.5, 0.6) is 0 Å². The van der Waals surface area contributed by atoms with Crippen molar-refractivity contribution in [3.63, 3.8) is 0 Å². The lowest BCUT2D eigenvalue weighted by atomic mass is 9.99. The maximum absolute atomic E-state index is 14.0. The van der Waals surface area contributed by atoms with Crippen LogP contribution in [0.2, 0.25) is 5.02 Å². The van der Waals surface area contributed by atoms with Crippen molar-refractivity contribution in [2.24, 2.45) is 0 Å². The van der Waals surface area contributed by atoms with Crippen molar-refractivity contribution >= 4 is 11.6 Å². The zero-order chi connectivity index (χ0) is 15.4. The lowest BCUT2D eigenvalue weighted by molar-refractivity contribution is -0.0542. The molecule has 1 heterocycles. The van der Waals surface area contributed by atoms with Gasteiger partial charge in [0.1, 0.15) is 5.82 Å². The largest absolute Gasteiger partial charge is 0.374 e. The van der Waals surface area contributed by atoms with E-state index < -0.39 is 0 Å². The Kier molecular flexibility index (Phi) is 5.99. The van der Waals surface area contributed by atoms with E-state index in [1.165, 1.54) is 6.07 Å². The third-order valence-corrected chi connectivity index (χ3v) is 4.51. The predicted molar refractivity (Wildman–Crippen MR) is 84.4 cm³/mol. The molecule has 1 aromatic carbocycles. The van der Waals surface area contributed by atoms with Crippen molar-refractivity contribution in [2.75, 3.05) is 26.7 Å². The topological polar surface area (TPSA) is 24.5 Å². The molecule has 0 spiro atoms. The Hall–Kier alpha value is -0.680. The van der Waals surface area contributed by atoms with Crippen molar-refractivity contribution in [3.05, 3.63) is 34.6 Å². The molecule has 0 amide bonds. The third-order valence-electron chi connectivity index (χ3n) is 4.16. The Balaban J connectivity index is 2.09. The highest BCUT2D eigenvalue weighted by molar-refractivity contribution is 6.31. The SMILES string of the molecule is CNC(Cc1c(F)cccc1Cl)C1CN(C(C)C)CCO1. The highest BCUT2D eigenvalue weighted by atomic mass is 35.5. The second-order valence-electron chi connectivity index (χ2n) is 5.80. The molecule has 2 unspecified atom stereocenters. The first-order valence-electron chi connectivity index (χ1n) is 7.48. The summed E-state index contributed by atoms with van der Waals surface area (Å²) in [5.41, 5.74) is 0.559. The molecular formula is C16H24ClFN2O. The molecular weight excluding hydrogens is 291 g/mol. The summed E-state index contributed by atoms with van der Waals surface area (Å²) < 4.78 is 19.8. The van der Waals surface area contributed by atoms with Crippen molar-refractivity contribution in [1.82, 2.24) is 10.2 Å². The average molecular weight is 315 g/mol. The van der Waals surface area contributed by atoms with Gasteiger partial charge in [0, 0.05) is 35.8 Å². The quantitative estimate of drug-likeness (QED) is 0.904. The van der Waals surface area contributed by atoms with Crippen molar-refractivity contribution in [2.45, 2.75) is 38.5 Å². The number of hydrogen-bond acceptors (Lipinski definition) is 3. The van der Waals surface area contributed by atoms with Crippen LogP contribution in [-0.4, -0.2) is 49.8 Å². The van der Waals surface area contributed by atoms with Crippen molar-refractivity contribution in [3.8, 4) is 0 Å². The molecule has 1 fully saturated rings. The molecule has 1 saturated heterocycles. The molecule has 5 heteroatoms. The number of benzene rings is 1. The molecule has 1 aliphatic rings. The van der Waals surface area contributed by atoms with E-state index in [0.29, 0.717) is 29.7 Å². The number of likely N-dealkylation sites (N-methyl/N-ethyl adjacent to an activating group) is 1. The molecule has 0 aliphatic carbocycles. The van der Waals surface area contributed by atoms with Gasteiger partial charge in [0.05, 0.1) is 12.7 Å². The minimum Gasteiger partial charge on any atom is -0.374 e. The molecule has 3 nitrogen and oxygen atoms in total. The summed E-state index contributed by atoms with van der Waals surface area (Å²) in [6.07, 6.45) is 0.570. The van der Waals surface area contributed by atoms with Gasteiger partial charge in [0.25, 0.3) is 0 Å². The van der Waals surface area contributed by atoms with Gasteiger partial charge in [-0.25, -0.2) is 4.39 Å². The van der Waals surface area contributed by atoms with Gasteiger partial charge in [-0.1, -0.05) is 17.7 Å². The van der Waals surface area contributed by atoms with Gasteiger partial charge in [-0.2, -0.15) is 0 Å². The molecule has 2 atom stereocenters. The second kappa shape index (κ2) is 7.54. The molecule has 0 radical (unpaired) electrons. The van der Waals surface area contributed by atoms with Crippen LogP contribution in [-0.2, 0) is 11.2 Å². The number of nitrogens with zero attached hydrogens (tertiary/aromatic N) is 1. The highest BCUT2D eigenvalue weighted by Gasteiger charge is 2.29. The number of ether oxygens (including phenoxy) is 1. The van der Waals surface area contributed by atoms with E-state index in [4.69, 9.17) is 16.3 Å². The summed E-state index contributed by atoms with van der Waals surface area (Å²) in [4.78, 5) is 2.39. The Labute approximate surface area is 131 Å². The molecule has 1 aliphatic heterocycles. The number of morpholine rings is 1. The third kappa shape index (κ3) is 4.16. The number of nitrogens with one attached hydrogen (secondary N) is 1. The van der Waals surface area contributed by atoms with Gasteiger partial charge < -0.3 is 10.1 Å². The number of halogens is 2. The van der Waals surface area contributed by atoms with Crippen LogP contribution in [0.1, 0.15) is 19.4 Å². The Morgan fingerprint density at radius 2 is 2.24 bits per heavy atom. The van der Waals surface area contributed by atoms with Gasteiger partial charge in [-0.05, 0) is 39.4 Å². The zero-order valence-electron chi connectivity index (χ0n) is 12.9. The zero-order valence-corrected chi connectivity index (χ0v) is 13.7. The Bertz CT molecular complexity index is 449. The van der Waals surface area contributed by atoms with Crippen molar-refractivity contribution < 1.29 is 9.13 Å². The standard InChI is InChI=1S/C16H24ClFN2O/c1-11(2)20-7-8-21-16(10-20)15(19-3)9-12-13(17)5-4-6-14(12)18/h4-6,11,15-16,19H,7-10H2,1-3H3. The minimum absolute atomic E-state index is 0.0425. The molecule has 2 rings (SSSR count). The summed E-state index contributed by atoms with van der Waals surface area (Å²) in [6.45, 7) is 6.89. The fourth-order valence-electron chi connectivity index (χ4n) is 2.78. The fraction of sp³-hybridized carbons (Fsp3) is 0.625. The van der Waals surface area contributed by atoms with Gasteiger partial charge in [0.15, 0.2) is 0 Å². The lowest BCUT2D eigenvalue weighted by Crippen LogP contribution is -2.53. The van der Waals surface area contributed by atoms with E-state index in [1.54, 1.807) is 12.1 Å². The van der Waals surface area contributed by atoms with Crippen LogP contribution < -0.4 is 5.32 Å². The van der Waals surface area contributed by atoms with E-state index in [1.807, 2.05) is 7.05 Å². The Morgan fingerprint density at radius 1 is 1.48 bits per heavy atom. The van der Waals surface area contributed by atoms with Crippen LogP contribution in [0.25, 0.3) is 0 Å². The van der Waals surface area contributed by atoms with Gasteiger partial charge >= 0.3 is 0 Å². The molecule has 1 N–H and O–H groups in total. The monoisotopic (exact) mass is 314 g/mol. The average Bonchev–Trinajstić information content (AvgIpc) is 2.47. The fourth-order valence-corrected chi connectivity index (χ4v) is 3.02. The molecule has 0 bridgehead atoms. The van der Waals surface area contributed by atoms with Gasteiger partial charge in [0.2, 0.25) is 0 Å². The summed E-state index contributed by atoms with van der Waals surface area (Å²) in [5.74, 6) is -0.251. The molecule has 1 aromatic rings. The lowest BCUT2D eigenvalue weighted by Gasteiger charge is -2.39. The molecule has 0 saturated carbocycles. The van der Waals surface area contributed by atoms with Crippen LogP contribution in [0, 0.1) is 5.82 Å². The molecule has 21 heavy (non-hydrogen) atoms. The molecule has 118 valence electrons. The van der Waals surface area contributed by atoms with E-state index in [0.717, 1.165) is 13.1 Å². The first kappa shape index (κ1) is 16.7. The summed E-state index contributed by atoms with van der Waals surface area (Å²) in [6, 6.07) is 5.35. The number of rotatable bonds is 5. The van der Waals surface area contributed by atoms with E-state index in [2.05, 4.69) is 24.1 Å². The van der Waals surface area contributed by atoms with E-state index in [9.17, 15) is 4.39 Å².